The summed E-state index contributed by atoms with van der Waals surface area (Å²) < 4.78 is 17.2. The Morgan fingerprint density at radius 1 is 0.800 bits per heavy atom. The van der Waals surface area contributed by atoms with Gasteiger partial charge in [0.2, 0.25) is 0 Å². The number of furan rings is 3. The zero-order chi connectivity index (χ0) is 13.8. The molecule has 0 radical (unpaired) electrons. The van der Waals surface area contributed by atoms with Crippen molar-refractivity contribution in [2.45, 2.75) is 12.5 Å². The molecule has 0 atom stereocenters. The first-order valence-corrected chi connectivity index (χ1v) is 8.90. The van der Waals surface area contributed by atoms with Gasteiger partial charge in [0.15, 0.2) is 0 Å². The average Bonchev–Trinajstić information content (AvgIpc) is 3.23. The molecule has 3 heterocycles. The van der Waals surface area contributed by atoms with Crippen LogP contribution in [0, 0.1) is 0 Å². The Labute approximate surface area is 118 Å². The summed E-state index contributed by atoms with van der Waals surface area (Å²) in [5, 5.41) is 2.82. The van der Waals surface area contributed by atoms with Gasteiger partial charge in [0, 0.05) is 0 Å². The fourth-order valence-corrected chi connectivity index (χ4v) is 6.82. The van der Waals surface area contributed by atoms with Crippen molar-refractivity contribution in [3.05, 3.63) is 55.2 Å². The Morgan fingerprint density at radius 2 is 1.25 bits per heavy atom. The van der Waals surface area contributed by atoms with E-state index in [0.29, 0.717) is 6.54 Å². The van der Waals surface area contributed by atoms with Gasteiger partial charge in [-0.1, -0.05) is 0 Å². The summed E-state index contributed by atoms with van der Waals surface area (Å²) in [6.45, 7) is 0.636. The summed E-state index contributed by atoms with van der Waals surface area (Å²) in [6, 6.07) is 12.6. The maximum Gasteiger partial charge on any atom is 0.277 e. The molecule has 2 N–H and O–H groups in total. The first-order chi connectivity index (χ1) is 9.88. The number of rotatable bonds is 6. The Balaban J connectivity index is 2.18. The van der Waals surface area contributed by atoms with E-state index < -0.39 is 8.07 Å². The lowest BCUT2D eigenvalue weighted by Crippen LogP contribution is -2.66. The molecule has 0 saturated carbocycles. The Hall–Kier alpha value is -1.98. The van der Waals surface area contributed by atoms with E-state index in [4.69, 9.17) is 19.0 Å². The summed E-state index contributed by atoms with van der Waals surface area (Å²) in [5.41, 5.74) is 5.73. The molecule has 104 valence electrons. The summed E-state index contributed by atoms with van der Waals surface area (Å²) in [6.07, 6.45) is 6.00. The molecule has 0 fully saturated rings. The van der Waals surface area contributed by atoms with E-state index >= 15 is 0 Å². The maximum absolute atomic E-state index is 5.74. The molecule has 0 aliphatic heterocycles. The van der Waals surface area contributed by atoms with Crippen molar-refractivity contribution in [1.29, 1.82) is 0 Å². The van der Waals surface area contributed by atoms with Crippen LogP contribution < -0.4 is 21.9 Å². The summed E-state index contributed by atoms with van der Waals surface area (Å²) in [4.78, 5) is 0. The standard InChI is InChI=1S/C15H17NO3Si/c16-8-4-12-20(13-5-1-9-17-13,14-6-2-10-18-14)15-7-3-11-19-15/h1-3,5-7,9-11H,4,8,12,16H2. The van der Waals surface area contributed by atoms with E-state index in [2.05, 4.69) is 0 Å². The lowest BCUT2D eigenvalue weighted by molar-refractivity contribution is 0.569. The molecular weight excluding hydrogens is 270 g/mol. The van der Waals surface area contributed by atoms with Gasteiger partial charge in [-0.3, -0.25) is 0 Å². The van der Waals surface area contributed by atoms with Crippen LogP contribution in [-0.2, 0) is 0 Å². The monoisotopic (exact) mass is 287 g/mol. The zero-order valence-corrected chi connectivity index (χ0v) is 12.1. The molecular formula is C15H17NO3Si. The molecule has 3 aromatic rings. The normalized spacial score (nSPS) is 11.8. The van der Waals surface area contributed by atoms with Crippen LogP contribution in [-0.4, -0.2) is 14.6 Å². The molecule has 0 aliphatic rings. The summed E-state index contributed by atoms with van der Waals surface area (Å²) in [5.74, 6) is 0. The molecule has 0 spiro atoms. The van der Waals surface area contributed by atoms with Crippen molar-refractivity contribution in [1.82, 2.24) is 0 Å². The highest BCUT2D eigenvalue weighted by molar-refractivity contribution is 7.09. The van der Waals surface area contributed by atoms with Crippen molar-refractivity contribution >= 4 is 24.2 Å². The number of nitrogens with two attached hydrogens (primary N) is 1. The van der Waals surface area contributed by atoms with E-state index in [1.165, 1.54) is 0 Å². The second-order valence-electron chi connectivity index (χ2n) is 4.73. The van der Waals surface area contributed by atoms with Crippen LogP contribution in [0.15, 0.2) is 68.4 Å². The van der Waals surface area contributed by atoms with E-state index in [1.54, 1.807) is 18.8 Å². The lowest BCUT2D eigenvalue weighted by Gasteiger charge is -2.24. The largest absolute Gasteiger partial charge is 0.473 e. The average molecular weight is 287 g/mol. The van der Waals surface area contributed by atoms with Crippen LogP contribution in [0.25, 0.3) is 0 Å². The summed E-state index contributed by atoms with van der Waals surface area (Å²) >= 11 is 0. The van der Waals surface area contributed by atoms with Gasteiger partial charge in [-0.2, -0.15) is 0 Å². The molecule has 0 amide bonds. The Bertz CT molecular complexity index is 530. The maximum atomic E-state index is 5.74. The third-order valence-electron chi connectivity index (χ3n) is 3.58. The third kappa shape index (κ3) is 2.05. The summed E-state index contributed by atoms with van der Waals surface area (Å²) in [7, 11) is -2.37. The van der Waals surface area contributed by atoms with E-state index in [9.17, 15) is 0 Å². The zero-order valence-electron chi connectivity index (χ0n) is 11.1. The van der Waals surface area contributed by atoms with Gasteiger partial charge >= 0.3 is 0 Å². The minimum absolute atomic E-state index is 0.636. The van der Waals surface area contributed by atoms with Crippen molar-refractivity contribution in [3.8, 4) is 0 Å². The van der Waals surface area contributed by atoms with Gasteiger partial charge in [-0.15, -0.1) is 0 Å². The molecule has 4 nitrogen and oxygen atoms in total. The molecule has 3 rings (SSSR count). The molecule has 0 unspecified atom stereocenters. The van der Waals surface area contributed by atoms with Crippen LogP contribution in [0.2, 0.25) is 6.04 Å². The minimum atomic E-state index is -2.37. The topological polar surface area (TPSA) is 65.4 Å². The van der Waals surface area contributed by atoms with Crippen molar-refractivity contribution in [2.75, 3.05) is 6.54 Å². The first kappa shape index (κ1) is 13.0. The Kier molecular flexibility index (Phi) is 3.62. The molecule has 5 heteroatoms. The van der Waals surface area contributed by atoms with Crippen LogP contribution in [0.4, 0.5) is 0 Å². The molecule has 0 aliphatic carbocycles. The van der Waals surface area contributed by atoms with Crippen LogP contribution in [0.1, 0.15) is 6.42 Å². The van der Waals surface area contributed by atoms with Gasteiger partial charge in [0.1, 0.15) is 16.2 Å². The van der Waals surface area contributed by atoms with Crippen LogP contribution >= 0.6 is 0 Å². The van der Waals surface area contributed by atoms with E-state index in [0.717, 1.165) is 28.6 Å². The van der Waals surface area contributed by atoms with Crippen molar-refractivity contribution in [2.24, 2.45) is 5.73 Å². The van der Waals surface area contributed by atoms with Gasteiger partial charge in [-0.25, -0.2) is 0 Å². The van der Waals surface area contributed by atoms with Gasteiger partial charge in [0.25, 0.3) is 8.07 Å². The Morgan fingerprint density at radius 3 is 1.55 bits per heavy atom. The molecule has 0 saturated heterocycles. The third-order valence-corrected chi connectivity index (χ3v) is 8.06. The second kappa shape index (κ2) is 5.56. The fourth-order valence-electron chi connectivity index (χ4n) is 2.67. The molecule has 0 bridgehead atoms. The smallest absolute Gasteiger partial charge is 0.277 e. The molecule has 3 aromatic heterocycles. The van der Waals surface area contributed by atoms with E-state index in [1.807, 2.05) is 36.4 Å². The quantitative estimate of drug-likeness (QED) is 0.694. The van der Waals surface area contributed by atoms with Crippen LogP contribution in [0.5, 0.6) is 0 Å². The second-order valence-corrected chi connectivity index (χ2v) is 8.52. The minimum Gasteiger partial charge on any atom is -0.473 e. The predicted octanol–water partition coefficient (Wildman–Crippen LogP) is 1.28. The molecule has 20 heavy (non-hydrogen) atoms. The predicted molar refractivity (Wildman–Crippen MR) is 79.3 cm³/mol. The van der Waals surface area contributed by atoms with Gasteiger partial charge < -0.3 is 19.0 Å². The van der Waals surface area contributed by atoms with Gasteiger partial charge in [-0.05, 0) is 55.4 Å². The van der Waals surface area contributed by atoms with Crippen molar-refractivity contribution in [3.63, 3.8) is 0 Å². The fraction of sp³-hybridized carbons (Fsp3) is 0.200. The lowest BCUT2D eigenvalue weighted by atomic mass is 10.5. The van der Waals surface area contributed by atoms with Crippen molar-refractivity contribution < 1.29 is 13.3 Å². The molecule has 0 aromatic carbocycles. The number of hydrogen-bond acceptors (Lipinski definition) is 4. The van der Waals surface area contributed by atoms with Gasteiger partial charge in [0.05, 0.1) is 18.8 Å². The highest BCUT2D eigenvalue weighted by atomic mass is 28.3. The van der Waals surface area contributed by atoms with E-state index in [-0.39, 0.29) is 0 Å². The van der Waals surface area contributed by atoms with Crippen LogP contribution in [0.3, 0.4) is 0 Å². The first-order valence-electron chi connectivity index (χ1n) is 6.70. The highest BCUT2D eigenvalue weighted by Crippen LogP contribution is 2.15. The SMILES string of the molecule is NCCC[Si](c1ccco1)(c1ccco1)c1ccco1. The highest BCUT2D eigenvalue weighted by Gasteiger charge is 2.47. The number of hydrogen-bond donors (Lipinski definition) is 1.